The first-order valence-electron chi connectivity index (χ1n) is 6.79. The van der Waals surface area contributed by atoms with Gasteiger partial charge in [-0.15, -0.1) is 0 Å². The summed E-state index contributed by atoms with van der Waals surface area (Å²) < 4.78 is 0. The first-order valence-corrected chi connectivity index (χ1v) is 6.79. The summed E-state index contributed by atoms with van der Waals surface area (Å²) in [6.07, 6.45) is 12.7. The predicted octanol–water partition coefficient (Wildman–Crippen LogP) is 4.71. The molecule has 0 bridgehead atoms. The largest absolute Gasteiger partial charge is 0.402 e. The third kappa shape index (κ3) is 4.80. The van der Waals surface area contributed by atoms with Gasteiger partial charge < -0.3 is 5.73 Å². The van der Waals surface area contributed by atoms with E-state index in [9.17, 15) is 0 Å². The van der Waals surface area contributed by atoms with Crippen LogP contribution in [0.3, 0.4) is 0 Å². The molecule has 0 saturated carbocycles. The summed E-state index contributed by atoms with van der Waals surface area (Å²) in [6, 6.07) is 0. The van der Waals surface area contributed by atoms with Crippen molar-refractivity contribution in [1.29, 1.82) is 0 Å². The second kappa shape index (κ2) is 6.09. The molecule has 1 aliphatic carbocycles. The summed E-state index contributed by atoms with van der Waals surface area (Å²) >= 11 is 0. The van der Waals surface area contributed by atoms with E-state index in [0.29, 0.717) is 0 Å². The SMILES string of the molecule is CCCCCC1=CC=C(C(C)(C)C)C=C(N)C1. The van der Waals surface area contributed by atoms with E-state index < -0.39 is 0 Å². The highest BCUT2D eigenvalue weighted by atomic mass is 14.6. The summed E-state index contributed by atoms with van der Waals surface area (Å²) in [4.78, 5) is 0. The third-order valence-corrected chi connectivity index (χ3v) is 3.24. The number of unbranched alkanes of at least 4 members (excludes halogenated alkanes) is 2. The Balaban J connectivity index is 2.75. The number of allylic oxidation sites excluding steroid dienone is 5. The molecule has 96 valence electrons. The number of rotatable bonds is 4. The minimum absolute atomic E-state index is 0.181. The topological polar surface area (TPSA) is 26.0 Å². The molecule has 0 spiro atoms. The van der Waals surface area contributed by atoms with Gasteiger partial charge in [-0.25, -0.2) is 0 Å². The van der Waals surface area contributed by atoms with E-state index >= 15 is 0 Å². The van der Waals surface area contributed by atoms with Crippen LogP contribution in [0, 0.1) is 5.41 Å². The highest BCUT2D eigenvalue weighted by molar-refractivity contribution is 5.37. The van der Waals surface area contributed by atoms with Crippen molar-refractivity contribution in [3.63, 3.8) is 0 Å². The second-order valence-corrected chi connectivity index (χ2v) is 6.05. The summed E-state index contributed by atoms with van der Waals surface area (Å²) in [7, 11) is 0. The van der Waals surface area contributed by atoms with E-state index in [0.717, 1.165) is 12.1 Å². The molecule has 0 radical (unpaired) electrons. The Hall–Kier alpha value is -0.980. The lowest BCUT2D eigenvalue weighted by atomic mass is 9.86. The maximum absolute atomic E-state index is 6.10. The first kappa shape index (κ1) is 14.1. The normalized spacial score (nSPS) is 17.1. The van der Waals surface area contributed by atoms with Crippen LogP contribution >= 0.6 is 0 Å². The molecular weight excluding hydrogens is 206 g/mol. The highest BCUT2D eigenvalue weighted by Gasteiger charge is 2.16. The van der Waals surface area contributed by atoms with Gasteiger partial charge in [0.05, 0.1) is 0 Å². The van der Waals surface area contributed by atoms with Crippen LogP contribution in [0.5, 0.6) is 0 Å². The monoisotopic (exact) mass is 233 g/mol. The lowest BCUT2D eigenvalue weighted by Crippen LogP contribution is -2.09. The molecule has 0 aromatic heterocycles. The van der Waals surface area contributed by atoms with Crippen molar-refractivity contribution >= 4 is 0 Å². The van der Waals surface area contributed by atoms with Crippen LogP contribution in [0.25, 0.3) is 0 Å². The zero-order valence-corrected chi connectivity index (χ0v) is 11.8. The van der Waals surface area contributed by atoms with Gasteiger partial charge in [-0.3, -0.25) is 0 Å². The molecule has 1 rings (SSSR count). The van der Waals surface area contributed by atoms with Crippen LogP contribution in [0.15, 0.2) is 35.1 Å². The predicted molar refractivity (Wildman–Crippen MR) is 76.7 cm³/mol. The summed E-state index contributed by atoms with van der Waals surface area (Å²) in [6.45, 7) is 8.95. The average Bonchev–Trinajstić information content (AvgIpc) is 2.40. The van der Waals surface area contributed by atoms with E-state index in [4.69, 9.17) is 5.73 Å². The lowest BCUT2D eigenvalue weighted by Gasteiger charge is -2.19. The fourth-order valence-electron chi connectivity index (χ4n) is 2.07. The minimum atomic E-state index is 0.181. The van der Waals surface area contributed by atoms with Gasteiger partial charge in [0.25, 0.3) is 0 Å². The first-order chi connectivity index (χ1) is 7.93. The van der Waals surface area contributed by atoms with Gasteiger partial charge in [-0.1, -0.05) is 58.3 Å². The third-order valence-electron chi connectivity index (χ3n) is 3.24. The van der Waals surface area contributed by atoms with Crippen LogP contribution in [-0.2, 0) is 0 Å². The smallest absolute Gasteiger partial charge is 0.0125 e. The van der Waals surface area contributed by atoms with Gasteiger partial charge in [-0.2, -0.15) is 0 Å². The average molecular weight is 233 g/mol. The molecule has 1 aliphatic rings. The zero-order chi connectivity index (χ0) is 12.9. The van der Waals surface area contributed by atoms with Crippen molar-refractivity contribution in [2.24, 2.45) is 11.1 Å². The highest BCUT2D eigenvalue weighted by Crippen LogP contribution is 2.30. The Labute approximate surface area is 106 Å². The van der Waals surface area contributed by atoms with Gasteiger partial charge in [0.2, 0.25) is 0 Å². The molecule has 0 heterocycles. The molecule has 1 heteroatoms. The van der Waals surface area contributed by atoms with E-state index in [1.807, 2.05) is 0 Å². The van der Waals surface area contributed by atoms with Gasteiger partial charge in [-0.05, 0) is 29.9 Å². The van der Waals surface area contributed by atoms with Crippen molar-refractivity contribution in [2.45, 2.75) is 59.8 Å². The molecule has 0 amide bonds. The van der Waals surface area contributed by atoms with Crippen molar-refractivity contribution in [3.8, 4) is 0 Å². The van der Waals surface area contributed by atoms with Crippen molar-refractivity contribution in [3.05, 3.63) is 35.1 Å². The fourth-order valence-corrected chi connectivity index (χ4v) is 2.07. The van der Waals surface area contributed by atoms with E-state index in [-0.39, 0.29) is 5.41 Å². The van der Waals surface area contributed by atoms with Gasteiger partial charge in [0.15, 0.2) is 0 Å². The van der Waals surface area contributed by atoms with Crippen LogP contribution < -0.4 is 5.73 Å². The Morgan fingerprint density at radius 3 is 2.47 bits per heavy atom. The molecule has 0 atom stereocenters. The standard InChI is InChI=1S/C16H27N/c1-5-6-7-8-13-9-10-14(16(2,3)4)12-15(17)11-13/h9-10,12H,5-8,11,17H2,1-4H3. The Morgan fingerprint density at radius 1 is 1.18 bits per heavy atom. The molecule has 1 nitrogen and oxygen atoms in total. The second-order valence-electron chi connectivity index (χ2n) is 6.05. The summed E-state index contributed by atoms with van der Waals surface area (Å²) in [5.41, 5.74) is 10.1. The quantitative estimate of drug-likeness (QED) is 0.699. The minimum Gasteiger partial charge on any atom is -0.402 e. The molecule has 0 fully saturated rings. The molecule has 0 saturated heterocycles. The maximum Gasteiger partial charge on any atom is 0.0125 e. The van der Waals surface area contributed by atoms with Crippen molar-refractivity contribution in [1.82, 2.24) is 0 Å². The lowest BCUT2D eigenvalue weighted by molar-refractivity contribution is 0.516. The Morgan fingerprint density at radius 2 is 1.88 bits per heavy atom. The maximum atomic E-state index is 6.10. The molecule has 2 N–H and O–H groups in total. The molecule has 0 aromatic carbocycles. The van der Waals surface area contributed by atoms with E-state index in [2.05, 4.69) is 45.9 Å². The van der Waals surface area contributed by atoms with Crippen molar-refractivity contribution < 1.29 is 0 Å². The van der Waals surface area contributed by atoms with Gasteiger partial charge >= 0.3 is 0 Å². The van der Waals surface area contributed by atoms with Crippen LogP contribution in [0.1, 0.15) is 59.8 Å². The van der Waals surface area contributed by atoms with Crippen LogP contribution in [0.4, 0.5) is 0 Å². The van der Waals surface area contributed by atoms with Gasteiger partial charge in [0.1, 0.15) is 0 Å². The van der Waals surface area contributed by atoms with Gasteiger partial charge in [0, 0.05) is 12.1 Å². The van der Waals surface area contributed by atoms with E-state index in [1.165, 1.54) is 36.8 Å². The fraction of sp³-hybridized carbons (Fsp3) is 0.625. The Bertz CT molecular complexity index is 337. The molecule has 0 unspecified atom stereocenters. The Kier molecular flexibility index (Phi) is 5.04. The number of hydrogen-bond acceptors (Lipinski definition) is 1. The van der Waals surface area contributed by atoms with Crippen LogP contribution in [-0.4, -0.2) is 0 Å². The molecule has 0 aliphatic heterocycles. The zero-order valence-electron chi connectivity index (χ0n) is 11.8. The van der Waals surface area contributed by atoms with Crippen molar-refractivity contribution in [2.75, 3.05) is 0 Å². The molecule has 17 heavy (non-hydrogen) atoms. The van der Waals surface area contributed by atoms with Crippen LogP contribution in [0.2, 0.25) is 0 Å². The number of nitrogens with two attached hydrogens (primary N) is 1. The number of hydrogen-bond donors (Lipinski definition) is 1. The molecular formula is C16H27N. The summed E-state index contributed by atoms with van der Waals surface area (Å²) in [5, 5.41) is 0. The molecule has 0 aromatic rings. The van der Waals surface area contributed by atoms with E-state index in [1.54, 1.807) is 0 Å². The summed E-state index contributed by atoms with van der Waals surface area (Å²) in [5.74, 6) is 0.